The molecule has 0 fully saturated rings. The van der Waals surface area contributed by atoms with Gasteiger partial charge in [0.05, 0.1) is 0 Å². The van der Waals surface area contributed by atoms with E-state index in [0.29, 0.717) is 0 Å². The summed E-state index contributed by atoms with van der Waals surface area (Å²) in [5.41, 5.74) is 0.822. The van der Waals surface area contributed by atoms with Crippen molar-refractivity contribution in [2.24, 2.45) is 0 Å². The molecular formula is C8H14NO6P2+. The molecular weight excluding hydrogens is 268 g/mol. The number of rotatable bonds is 4. The van der Waals surface area contributed by atoms with Gasteiger partial charge in [-0.05, 0) is 13.0 Å². The van der Waals surface area contributed by atoms with Crippen LogP contribution >= 0.6 is 15.2 Å². The Bertz CT molecular complexity index is 471. The molecule has 1 rings (SSSR count). The summed E-state index contributed by atoms with van der Waals surface area (Å²) in [4.78, 5) is 35.8. The lowest BCUT2D eigenvalue weighted by atomic mass is 10.3. The van der Waals surface area contributed by atoms with Crippen molar-refractivity contribution in [3.05, 3.63) is 30.1 Å². The van der Waals surface area contributed by atoms with Crippen molar-refractivity contribution in [2.75, 3.05) is 0 Å². The van der Waals surface area contributed by atoms with E-state index in [1.54, 1.807) is 25.3 Å². The highest BCUT2D eigenvalue weighted by Crippen LogP contribution is 2.59. The van der Waals surface area contributed by atoms with Crippen molar-refractivity contribution in [3.8, 4) is 0 Å². The quantitative estimate of drug-likeness (QED) is 0.454. The molecule has 0 aliphatic heterocycles. The van der Waals surface area contributed by atoms with Crippen molar-refractivity contribution >= 4 is 15.2 Å². The Kier molecular flexibility index (Phi) is 4.25. The highest BCUT2D eigenvalue weighted by Gasteiger charge is 2.46. The van der Waals surface area contributed by atoms with Crippen LogP contribution in [0.1, 0.15) is 5.56 Å². The zero-order valence-electron chi connectivity index (χ0n) is 9.04. The first-order valence-electron chi connectivity index (χ1n) is 4.67. The van der Waals surface area contributed by atoms with Crippen molar-refractivity contribution in [1.29, 1.82) is 0 Å². The Balaban J connectivity index is 3.04. The van der Waals surface area contributed by atoms with Crippen LogP contribution in [0.25, 0.3) is 0 Å². The van der Waals surface area contributed by atoms with Crippen molar-refractivity contribution < 1.29 is 33.3 Å². The summed E-state index contributed by atoms with van der Waals surface area (Å²) in [5.74, 6) is 0. The Hall–Kier alpha value is -0.550. The van der Waals surface area contributed by atoms with E-state index < -0.39 is 27.1 Å². The predicted octanol–water partition coefficient (Wildman–Crippen LogP) is -0.0360. The third kappa shape index (κ3) is 4.32. The third-order valence-corrected chi connectivity index (χ3v) is 5.84. The summed E-state index contributed by atoms with van der Waals surface area (Å²) in [6.07, 6.45) is 3.05. The molecule has 0 saturated carbocycles. The molecule has 0 spiro atoms. The minimum atomic E-state index is -4.86. The van der Waals surface area contributed by atoms with Gasteiger partial charge >= 0.3 is 15.2 Å². The average Bonchev–Trinajstić information content (AvgIpc) is 2.10. The summed E-state index contributed by atoms with van der Waals surface area (Å²) in [7, 11) is -9.72. The van der Waals surface area contributed by atoms with Gasteiger partial charge in [0, 0.05) is 11.6 Å². The maximum absolute atomic E-state index is 11.1. The maximum atomic E-state index is 11.1. The summed E-state index contributed by atoms with van der Waals surface area (Å²) in [6, 6.07) is 3.40. The van der Waals surface area contributed by atoms with Gasteiger partial charge in [0.15, 0.2) is 18.9 Å². The van der Waals surface area contributed by atoms with Gasteiger partial charge in [-0.2, -0.15) is 0 Å². The van der Waals surface area contributed by atoms with Crippen LogP contribution in [0.2, 0.25) is 0 Å². The Labute approximate surface area is 98.1 Å². The Morgan fingerprint density at radius 1 is 1.24 bits per heavy atom. The van der Waals surface area contributed by atoms with Crippen molar-refractivity contribution in [2.45, 2.75) is 18.9 Å². The summed E-state index contributed by atoms with van der Waals surface area (Å²) >= 11 is 0. The largest absolute Gasteiger partial charge is 0.347 e. The van der Waals surface area contributed by atoms with Gasteiger partial charge in [0.2, 0.25) is 5.40 Å². The normalized spacial score (nSPS) is 13.1. The first-order chi connectivity index (χ1) is 7.60. The molecule has 1 heterocycles. The SMILES string of the molecule is Cc1ccc[n+](CC(P(=O)(O)O)P(=O)(O)O)c1. The highest BCUT2D eigenvalue weighted by molar-refractivity contribution is 7.70. The minimum Gasteiger partial charge on any atom is -0.324 e. The van der Waals surface area contributed by atoms with Gasteiger partial charge in [-0.3, -0.25) is 9.13 Å². The topological polar surface area (TPSA) is 119 Å². The van der Waals surface area contributed by atoms with Gasteiger partial charge < -0.3 is 19.6 Å². The van der Waals surface area contributed by atoms with Crippen LogP contribution in [0.4, 0.5) is 0 Å². The van der Waals surface area contributed by atoms with Gasteiger partial charge in [0.25, 0.3) is 0 Å². The van der Waals surface area contributed by atoms with Crippen LogP contribution in [0, 0.1) is 6.92 Å². The first kappa shape index (κ1) is 14.5. The second-order valence-electron chi connectivity index (χ2n) is 3.74. The van der Waals surface area contributed by atoms with E-state index in [1.165, 1.54) is 10.8 Å². The fraction of sp³-hybridized carbons (Fsp3) is 0.375. The lowest BCUT2D eigenvalue weighted by molar-refractivity contribution is -0.694. The molecule has 0 aromatic carbocycles. The molecule has 96 valence electrons. The van der Waals surface area contributed by atoms with Crippen LogP contribution in [0.3, 0.4) is 0 Å². The number of hydrogen-bond acceptors (Lipinski definition) is 2. The van der Waals surface area contributed by atoms with E-state index in [2.05, 4.69) is 0 Å². The highest BCUT2D eigenvalue weighted by atomic mass is 31.2. The second-order valence-corrected chi connectivity index (χ2v) is 7.75. The zero-order valence-corrected chi connectivity index (χ0v) is 10.8. The second kappa shape index (κ2) is 4.98. The predicted molar refractivity (Wildman–Crippen MR) is 59.3 cm³/mol. The smallest absolute Gasteiger partial charge is 0.324 e. The molecule has 0 radical (unpaired) electrons. The molecule has 0 unspecified atom stereocenters. The van der Waals surface area contributed by atoms with Crippen molar-refractivity contribution in [1.82, 2.24) is 0 Å². The van der Waals surface area contributed by atoms with Gasteiger partial charge in [-0.1, -0.05) is 0 Å². The zero-order chi connectivity index (χ0) is 13.3. The minimum absolute atomic E-state index is 0.434. The molecule has 1 aromatic heterocycles. The molecule has 4 N–H and O–H groups in total. The standard InChI is InChI=1S/C8H13NO6P2/c1-7-3-2-4-9(5-7)6-8(16(10,11)12)17(13,14)15/h2-5,8H,6H2,1H3,(H3-,10,11,12,13,14,15)/p+1. The molecule has 0 atom stereocenters. The lowest BCUT2D eigenvalue weighted by Gasteiger charge is -2.16. The fourth-order valence-electron chi connectivity index (χ4n) is 1.36. The number of aryl methyl sites for hydroxylation is 1. The first-order valence-corrected chi connectivity index (χ1v) is 8.03. The van der Waals surface area contributed by atoms with Gasteiger partial charge in [-0.25, -0.2) is 4.57 Å². The maximum Gasteiger partial charge on any atom is 0.347 e. The van der Waals surface area contributed by atoms with Crippen LogP contribution in [0.5, 0.6) is 0 Å². The van der Waals surface area contributed by atoms with Crippen molar-refractivity contribution in [3.63, 3.8) is 0 Å². The number of pyridine rings is 1. The molecule has 1 aromatic rings. The molecule has 0 aliphatic rings. The van der Waals surface area contributed by atoms with Crippen LogP contribution in [-0.4, -0.2) is 25.0 Å². The number of aromatic nitrogens is 1. The van der Waals surface area contributed by atoms with Gasteiger partial charge in [0.1, 0.15) is 0 Å². The molecule has 0 bridgehead atoms. The Morgan fingerprint density at radius 2 is 1.76 bits per heavy atom. The lowest BCUT2D eigenvalue weighted by Crippen LogP contribution is -2.39. The van der Waals surface area contributed by atoms with E-state index in [9.17, 15) is 9.13 Å². The molecule has 9 heteroatoms. The molecule has 0 amide bonds. The van der Waals surface area contributed by atoms with E-state index in [1.807, 2.05) is 0 Å². The van der Waals surface area contributed by atoms with E-state index in [-0.39, 0.29) is 0 Å². The van der Waals surface area contributed by atoms with E-state index in [4.69, 9.17) is 19.6 Å². The summed E-state index contributed by atoms with van der Waals surface area (Å²) in [5, 5.41) is -2.01. The molecule has 0 saturated heterocycles. The van der Waals surface area contributed by atoms with E-state index >= 15 is 0 Å². The van der Waals surface area contributed by atoms with E-state index in [0.717, 1.165) is 5.56 Å². The third-order valence-electron chi connectivity index (χ3n) is 2.16. The van der Waals surface area contributed by atoms with Crippen LogP contribution in [0.15, 0.2) is 24.5 Å². The summed E-state index contributed by atoms with van der Waals surface area (Å²) < 4.78 is 23.5. The molecule has 7 nitrogen and oxygen atoms in total. The monoisotopic (exact) mass is 282 g/mol. The molecule has 0 aliphatic carbocycles. The summed E-state index contributed by atoms with van der Waals surface area (Å²) in [6.45, 7) is 1.33. The van der Waals surface area contributed by atoms with Crippen LogP contribution < -0.4 is 4.57 Å². The average molecular weight is 282 g/mol. The number of hydrogen-bond donors (Lipinski definition) is 4. The van der Waals surface area contributed by atoms with Crippen LogP contribution in [-0.2, 0) is 15.7 Å². The molecule has 17 heavy (non-hydrogen) atoms. The Morgan fingerprint density at radius 3 is 2.18 bits per heavy atom. The fourth-order valence-corrected chi connectivity index (χ4v) is 3.73. The van der Waals surface area contributed by atoms with Gasteiger partial charge in [-0.15, -0.1) is 0 Å². The number of nitrogens with zero attached hydrogens (tertiary/aromatic N) is 1.